The third-order valence-corrected chi connectivity index (χ3v) is 6.32. The summed E-state index contributed by atoms with van der Waals surface area (Å²) < 4.78 is 34.0. The Labute approximate surface area is 272 Å². The Morgan fingerprint density at radius 1 is 0.521 bits per heavy atom. The van der Waals surface area contributed by atoms with Gasteiger partial charge < -0.3 is 59.5 Å². The summed E-state index contributed by atoms with van der Waals surface area (Å²) in [6.07, 6.45) is -1.64. The number of carbonyl (C=O) groups is 6. The lowest BCUT2D eigenvalue weighted by atomic mass is 10.1. The number of amides is 2. The average Bonchev–Trinajstić information content (AvgIpc) is 3.02. The third-order valence-electron chi connectivity index (χ3n) is 6.32. The van der Waals surface area contributed by atoms with Crippen molar-refractivity contribution in [3.8, 4) is 23.0 Å². The molecule has 0 radical (unpaired) electrons. The minimum absolute atomic E-state index is 0.00840. The zero-order valence-electron chi connectivity index (χ0n) is 25.4. The van der Waals surface area contributed by atoms with Gasteiger partial charge in [0.25, 0.3) is 11.8 Å². The molecule has 2 aromatic carbocycles. The van der Waals surface area contributed by atoms with Crippen LogP contribution in [0.2, 0.25) is 0 Å². The number of benzene rings is 2. The van der Waals surface area contributed by atoms with Gasteiger partial charge in [0.1, 0.15) is 38.5 Å². The highest BCUT2D eigenvalue weighted by molar-refractivity contribution is 5.98. The molecule has 2 atom stereocenters. The van der Waals surface area contributed by atoms with Gasteiger partial charge in [0, 0.05) is 11.1 Å². The lowest BCUT2D eigenvalue weighted by molar-refractivity contribution is -0.145. The van der Waals surface area contributed by atoms with Crippen molar-refractivity contribution in [3.05, 3.63) is 47.5 Å². The van der Waals surface area contributed by atoms with Crippen LogP contribution in [0, 0.1) is 0 Å². The standard InChI is InChI=1S/C30H34N2O16/c33-25(34)15-19(29(39)40)31-27(37)17-1-3-21-23(13-17)47-11-7-44-8-12-48-24-14-18(28(38)32-20(30(41)42)16-26(35)36)2-4-22(24)46-10-6-43-5-9-45-21/h1-4,13-14,19-20H,5-12,15-16H2,(H,31,37)(H,32,38)(H,33,34)(H,35,36)(H,39,40)(H,41,42)/t19-,20-/m0/s1. The number of hydrogen-bond donors (Lipinski definition) is 6. The molecule has 2 amide bonds. The van der Waals surface area contributed by atoms with Gasteiger partial charge in [-0.1, -0.05) is 0 Å². The zero-order valence-corrected chi connectivity index (χ0v) is 25.4. The van der Waals surface area contributed by atoms with E-state index in [0.29, 0.717) is 0 Å². The van der Waals surface area contributed by atoms with Gasteiger partial charge in [-0.2, -0.15) is 0 Å². The molecular weight excluding hydrogens is 644 g/mol. The minimum atomic E-state index is -1.65. The summed E-state index contributed by atoms with van der Waals surface area (Å²) in [5.41, 5.74) is -0.0168. The van der Waals surface area contributed by atoms with E-state index in [4.69, 9.17) is 38.6 Å². The third kappa shape index (κ3) is 12.0. The van der Waals surface area contributed by atoms with E-state index in [2.05, 4.69) is 10.6 Å². The fourth-order valence-electron chi connectivity index (χ4n) is 4.04. The molecule has 1 aliphatic heterocycles. The van der Waals surface area contributed by atoms with Gasteiger partial charge in [-0.05, 0) is 36.4 Å². The van der Waals surface area contributed by atoms with Crippen LogP contribution >= 0.6 is 0 Å². The van der Waals surface area contributed by atoms with Gasteiger partial charge in [-0.3, -0.25) is 19.2 Å². The molecule has 1 aliphatic rings. The largest absolute Gasteiger partial charge is 0.487 e. The number of carboxylic acid groups (broad SMARTS) is 4. The SMILES string of the molecule is O=C(O)C[C@H](NC(=O)c1ccc2c(c1)OCCOCCOc1cc(C(=O)N[C@@H](CC(=O)O)C(=O)O)ccc1OCCOCCO2)C(=O)O. The second-order valence-electron chi connectivity index (χ2n) is 9.87. The lowest BCUT2D eigenvalue weighted by Crippen LogP contribution is -2.42. The highest BCUT2D eigenvalue weighted by atomic mass is 16.6. The molecule has 1 heterocycles. The average molecular weight is 679 g/mol. The van der Waals surface area contributed by atoms with E-state index in [9.17, 15) is 39.0 Å². The van der Waals surface area contributed by atoms with Crippen LogP contribution < -0.4 is 29.6 Å². The Morgan fingerprint density at radius 3 is 1.17 bits per heavy atom. The molecule has 3 rings (SSSR count). The van der Waals surface area contributed by atoms with Crippen LogP contribution in [0.5, 0.6) is 23.0 Å². The normalized spacial score (nSPS) is 15.3. The van der Waals surface area contributed by atoms with Crippen molar-refractivity contribution in [3.63, 3.8) is 0 Å². The summed E-state index contributed by atoms with van der Waals surface area (Å²) in [7, 11) is 0. The smallest absolute Gasteiger partial charge is 0.326 e. The van der Waals surface area contributed by atoms with Gasteiger partial charge in [-0.15, -0.1) is 0 Å². The summed E-state index contributed by atoms with van der Waals surface area (Å²) in [4.78, 5) is 70.0. The van der Waals surface area contributed by atoms with Gasteiger partial charge in [0.05, 0.1) is 39.3 Å². The molecule has 48 heavy (non-hydrogen) atoms. The number of fused-ring (bicyclic) bond motifs is 2. The van der Waals surface area contributed by atoms with Gasteiger partial charge >= 0.3 is 23.9 Å². The summed E-state index contributed by atoms with van der Waals surface area (Å²) in [5.74, 6) is -6.73. The van der Waals surface area contributed by atoms with Crippen LogP contribution in [0.1, 0.15) is 33.6 Å². The van der Waals surface area contributed by atoms with Crippen LogP contribution in [0.4, 0.5) is 0 Å². The molecule has 2 aromatic rings. The van der Waals surface area contributed by atoms with Crippen molar-refractivity contribution in [1.82, 2.24) is 10.6 Å². The number of rotatable bonds is 10. The second-order valence-corrected chi connectivity index (χ2v) is 9.87. The molecule has 260 valence electrons. The van der Waals surface area contributed by atoms with E-state index in [-0.39, 0.29) is 87.0 Å². The quantitative estimate of drug-likeness (QED) is 0.197. The lowest BCUT2D eigenvalue weighted by Gasteiger charge is -2.17. The molecule has 0 aromatic heterocycles. The van der Waals surface area contributed by atoms with Crippen LogP contribution in [-0.4, -0.2) is 121 Å². The first-order valence-electron chi connectivity index (χ1n) is 14.4. The van der Waals surface area contributed by atoms with Crippen molar-refractivity contribution < 1.29 is 77.6 Å². The molecule has 0 bridgehead atoms. The van der Waals surface area contributed by atoms with Crippen molar-refractivity contribution >= 4 is 35.7 Å². The molecule has 0 spiro atoms. The highest BCUT2D eigenvalue weighted by Gasteiger charge is 2.25. The Bertz CT molecular complexity index is 1370. The molecule has 0 saturated carbocycles. The van der Waals surface area contributed by atoms with E-state index in [1.807, 2.05) is 0 Å². The Balaban J connectivity index is 1.66. The van der Waals surface area contributed by atoms with Crippen molar-refractivity contribution in [2.45, 2.75) is 24.9 Å². The van der Waals surface area contributed by atoms with Gasteiger partial charge in [0.15, 0.2) is 23.0 Å². The number of hydrogen-bond acceptors (Lipinski definition) is 12. The first-order valence-corrected chi connectivity index (χ1v) is 14.4. The Hall–Kier alpha value is -5.62. The fourth-order valence-corrected chi connectivity index (χ4v) is 4.04. The van der Waals surface area contributed by atoms with Crippen LogP contribution in [-0.2, 0) is 28.7 Å². The number of nitrogens with one attached hydrogen (secondary N) is 2. The predicted molar refractivity (Wildman–Crippen MR) is 159 cm³/mol. The molecule has 0 aliphatic carbocycles. The van der Waals surface area contributed by atoms with Crippen LogP contribution in [0.15, 0.2) is 36.4 Å². The number of aliphatic carboxylic acids is 4. The predicted octanol–water partition coefficient (Wildman–Crippen LogP) is 0.264. The van der Waals surface area contributed by atoms with Crippen LogP contribution in [0.25, 0.3) is 0 Å². The topological polar surface area (TPSA) is 263 Å². The summed E-state index contributed by atoms with van der Waals surface area (Å²) in [6.45, 7) is 0.437. The number of ether oxygens (including phenoxy) is 6. The second kappa shape index (κ2) is 18.5. The number of carbonyl (C=O) groups excluding carboxylic acids is 2. The molecule has 6 N–H and O–H groups in total. The molecular formula is C30H34N2O16. The van der Waals surface area contributed by atoms with E-state index in [0.717, 1.165) is 0 Å². The summed E-state index contributed by atoms with van der Waals surface area (Å²) >= 11 is 0. The maximum atomic E-state index is 12.7. The van der Waals surface area contributed by atoms with Gasteiger partial charge in [0.2, 0.25) is 0 Å². The van der Waals surface area contributed by atoms with Gasteiger partial charge in [-0.25, -0.2) is 9.59 Å². The maximum Gasteiger partial charge on any atom is 0.326 e. The first-order chi connectivity index (χ1) is 22.9. The molecule has 18 nitrogen and oxygen atoms in total. The van der Waals surface area contributed by atoms with Crippen molar-refractivity contribution in [2.75, 3.05) is 52.9 Å². The van der Waals surface area contributed by atoms with E-state index < -0.39 is 60.6 Å². The Kier molecular flexibility index (Phi) is 14.2. The summed E-state index contributed by atoms with van der Waals surface area (Å²) in [6, 6.07) is 4.92. The monoisotopic (exact) mass is 678 g/mol. The molecule has 0 unspecified atom stereocenters. The molecule has 0 fully saturated rings. The maximum absolute atomic E-state index is 12.7. The fraction of sp³-hybridized carbons (Fsp3) is 0.400. The van der Waals surface area contributed by atoms with Crippen LogP contribution in [0.3, 0.4) is 0 Å². The van der Waals surface area contributed by atoms with E-state index in [1.165, 1.54) is 36.4 Å². The summed E-state index contributed by atoms with van der Waals surface area (Å²) in [5, 5.41) is 40.7. The van der Waals surface area contributed by atoms with Crippen molar-refractivity contribution in [1.29, 1.82) is 0 Å². The molecule has 18 heteroatoms. The number of carboxylic acids is 4. The zero-order chi connectivity index (χ0) is 35.1. The Morgan fingerprint density at radius 2 is 0.854 bits per heavy atom. The van der Waals surface area contributed by atoms with Crippen molar-refractivity contribution in [2.24, 2.45) is 0 Å². The van der Waals surface area contributed by atoms with E-state index in [1.54, 1.807) is 0 Å². The first kappa shape index (κ1) is 36.8. The highest BCUT2D eigenvalue weighted by Crippen LogP contribution is 2.30. The molecule has 0 saturated heterocycles. The minimum Gasteiger partial charge on any atom is -0.487 e. The van der Waals surface area contributed by atoms with E-state index >= 15 is 0 Å².